The Morgan fingerprint density at radius 2 is 2.09 bits per heavy atom. The van der Waals surface area contributed by atoms with E-state index in [1.54, 1.807) is 9.91 Å². The average Bonchev–Trinajstić information content (AvgIpc) is 2.54. The van der Waals surface area contributed by atoms with Gasteiger partial charge in [-0.1, -0.05) is 24.3 Å². The second kappa shape index (κ2) is 5.37. The van der Waals surface area contributed by atoms with Crippen LogP contribution in [0.5, 0.6) is 0 Å². The van der Waals surface area contributed by atoms with E-state index in [4.69, 9.17) is 5.73 Å². The summed E-state index contributed by atoms with van der Waals surface area (Å²) < 4.78 is 0. The minimum absolute atomic E-state index is 0.0229. The van der Waals surface area contributed by atoms with Crippen molar-refractivity contribution >= 4 is 17.3 Å². The number of nitrogens with zero attached hydrogens (tertiary/aromatic N) is 4. The molecule has 0 aromatic heterocycles. The Labute approximate surface area is 128 Å². The van der Waals surface area contributed by atoms with E-state index in [-0.39, 0.29) is 5.91 Å². The van der Waals surface area contributed by atoms with Crippen LogP contribution in [0.3, 0.4) is 0 Å². The van der Waals surface area contributed by atoms with E-state index in [1.807, 2.05) is 36.4 Å². The maximum Gasteiger partial charge on any atom is 0.220 e. The molecular formula is C16H15N5O. The predicted molar refractivity (Wildman–Crippen MR) is 83.5 cm³/mol. The lowest BCUT2D eigenvalue weighted by molar-refractivity contribution is -0.127. The number of hydrogen-bond donors (Lipinski definition) is 1. The number of para-hydroxylation sites is 1. The predicted octanol–water partition coefficient (Wildman–Crippen LogP) is 1.34. The molecule has 0 unspecified atom stereocenters. The van der Waals surface area contributed by atoms with Crippen molar-refractivity contribution < 1.29 is 4.79 Å². The van der Waals surface area contributed by atoms with Gasteiger partial charge in [-0.25, -0.2) is 5.01 Å². The van der Waals surface area contributed by atoms with E-state index >= 15 is 0 Å². The fraction of sp³-hybridized carbons (Fsp3) is 0.188. The number of anilines is 1. The summed E-state index contributed by atoms with van der Waals surface area (Å²) in [4.78, 5) is 13.2. The Morgan fingerprint density at radius 1 is 1.36 bits per heavy atom. The Hall–Kier alpha value is -3.07. The highest BCUT2D eigenvalue weighted by atomic mass is 16.2. The first-order valence-corrected chi connectivity index (χ1v) is 6.90. The van der Waals surface area contributed by atoms with Gasteiger partial charge >= 0.3 is 0 Å². The first-order valence-electron chi connectivity index (χ1n) is 6.90. The summed E-state index contributed by atoms with van der Waals surface area (Å²) in [6.45, 7) is 2.36. The summed E-state index contributed by atoms with van der Waals surface area (Å²) in [6.07, 6.45) is 1.83. The molecule has 110 valence electrons. The van der Waals surface area contributed by atoms with Crippen LogP contribution in [0.1, 0.15) is 6.92 Å². The number of benzene rings is 1. The van der Waals surface area contributed by atoms with Crippen molar-refractivity contribution in [1.82, 2.24) is 4.90 Å². The third-order valence-corrected chi connectivity index (χ3v) is 3.70. The average molecular weight is 293 g/mol. The second-order valence-electron chi connectivity index (χ2n) is 5.08. The highest BCUT2D eigenvalue weighted by molar-refractivity contribution is 6.10. The van der Waals surface area contributed by atoms with Crippen LogP contribution < -0.4 is 10.7 Å². The minimum Gasteiger partial charge on any atom is -0.383 e. The molecule has 0 saturated heterocycles. The molecule has 0 saturated carbocycles. The molecule has 0 bridgehead atoms. The molecular weight excluding hydrogens is 278 g/mol. The number of rotatable bonds is 1. The number of allylic oxidation sites excluding steroid dienone is 1. The van der Waals surface area contributed by atoms with Crippen LogP contribution in [-0.2, 0) is 4.79 Å². The molecule has 0 aliphatic carbocycles. The molecule has 2 aliphatic rings. The topological polar surface area (TPSA) is 85.7 Å². The molecule has 0 fully saturated rings. The number of nitriles is 1. The monoisotopic (exact) mass is 293 g/mol. The standard InChI is InChI=1S/C16H15N5O/c1-11(22)20-8-7-13-14(9-17)16(18)21(19-15(13)10-20)12-5-3-2-4-6-12/h2-7H,8,10,18H2,1H3. The number of amides is 1. The van der Waals surface area contributed by atoms with Crippen molar-refractivity contribution in [2.75, 3.05) is 18.1 Å². The van der Waals surface area contributed by atoms with Gasteiger partial charge in [0, 0.05) is 19.0 Å². The molecule has 1 aromatic rings. The van der Waals surface area contributed by atoms with Gasteiger partial charge in [-0.15, -0.1) is 0 Å². The van der Waals surface area contributed by atoms with Crippen molar-refractivity contribution in [3.05, 3.63) is 53.4 Å². The number of fused-ring (bicyclic) bond motifs is 1. The summed E-state index contributed by atoms with van der Waals surface area (Å²) in [5.41, 5.74) is 8.70. The number of carbonyl (C=O) groups excluding carboxylic acids is 1. The quantitative estimate of drug-likeness (QED) is 0.846. The van der Waals surface area contributed by atoms with E-state index in [1.165, 1.54) is 6.92 Å². The summed E-state index contributed by atoms with van der Waals surface area (Å²) >= 11 is 0. The molecule has 2 heterocycles. The number of hydrogen-bond acceptors (Lipinski definition) is 5. The minimum atomic E-state index is -0.0229. The largest absolute Gasteiger partial charge is 0.383 e. The van der Waals surface area contributed by atoms with E-state index in [2.05, 4.69) is 11.2 Å². The van der Waals surface area contributed by atoms with Gasteiger partial charge in [-0.2, -0.15) is 10.4 Å². The SMILES string of the molecule is CC(=O)N1CC=C2C(=NN(c3ccccc3)C(N)=C2C#N)C1. The Balaban J connectivity index is 2.08. The van der Waals surface area contributed by atoms with E-state index in [0.29, 0.717) is 30.2 Å². The van der Waals surface area contributed by atoms with Gasteiger partial charge in [0.15, 0.2) is 0 Å². The van der Waals surface area contributed by atoms with Crippen molar-refractivity contribution in [3.63, 3.8) is 0 Å². The van der Waals surface area contributed by atoms with Gasteiger partial charge in [-0.3, -0.25) is 4.79 Å². The van der Waals surface area contributed by atoms with Gasteiger partial charge in [0.05, 0.1) is 17.9 Å². The first kappa shape index (κ1) is 13.9. The fourth-order valence-electron chi connectivity index (χ4n) is 2.52. The number of hydrazone groups is 1. The lowest BCUT2D eigenvalue weighted by atomic mass is 9.96. The molecule has 22 heavy (non-hydrogen) atoms. The smallest absolute Gasteiger partial charge is 0.220 e. The number of carbonyl (C=O) groups is 1. The summed E-state index contributed by atoms with van der Waals surface area (Å²) in [7, 11) is 0. The van der Waals surface area contributed by atoms with Gasteiger partial charge in [0.1, 0.15) is 17.5 Å². The maximum atomic E-state index is 11.6. The van der Waals surface area contributed by atoms with E-state index < -0.39 is 0 Å². The molecule has 2 aliphatic heterocycles. The fourth-order valence-corrected chi connectivity index (χ4v) is 2.52. The zero-order valence-electron chi connectivity index (χ0n) is 12.2. The molecule has 0 atom stereocenters. The summed E-state index contributed by atoms with van der Waals surface area (Å²) in [6, 6.07) is 11.5. The third-order valence-electron chi connectivity index (χ3n) is 3.70. The van der Waals surface area contributed by atoms with E-state index in [0.717, 1.165) is 11.3 Å². The lowest BCUT2D eigenvalue weighted by Crippen LogP contribution is -2.42. The van der Waals surface area contributed by atoms with Crippen molar-refractivity contribution in [2.45, 2.75) is 6.92 Å². The summed E-state index contributed by atoms with van der Waals surface area (Å²) in [5.74, 6) is 0.283. The van der Waals surface area contributed by atoms with Crippen LogP contribution in [0, 0.1) is 11.3 Å². The lowest BCUT2D eigenvalue weighted by Gasteiger charge is -2.32. The van der Waals surface area contributed by atoms with Gasteiger partial charge < -0.3 is 10.6 Å². The molecule has 0 radical (unpaired) electrons. The van der Waals surface area contributed by atoms with Crippen LogP contribution in [0.2, 0.25) is 0 Å². The van der Waals surface area contributed by atoms with E-state index in [9.17, 15) is 10.1 Å². The van der Waals surface area contributed by atoms with Gasteiger partial charge in [0.25, 0.3) is 0 Å². The maximum absolute atomic E-state index is 11.6. The van der Waals surface area contributed by atoms with Crippen molar-refractivity contribution in [3.8, 4) is 6.07 Å². The van der Waals surface area contributed by atoms with Crippen molar-refractivity contribution in [2.24, 2.45) is 10.8 Å². The first-order chi connectivity index (χ1) is 10.6. The van der Waals surface area contributed by atoms with Gasteiger partial charge in [0.2, 0.25) is 5.91 Å². The molecule has 3 rings (SSSR count). The van der Waals surface area contributed by atoms with Gasteiger partial charge in [-0.05, 0) is 12.1 Å². The van der Waals surface area contributed by atoms with Crippen LogP contribution >= 0.6 is 0 Å². The van der Waals surface area contributed by atoms with Crippen LogP contribution in [0.15, 0.2) is 58.5 Å². The Kier molecular flexibility index (Phi) is 3.39. The highest BCUT2D eigenvalue weighted by Crippen LogP contribution is 2.29. The Bertz CT molecular complexity index is 754. The second-order valence-corrected chi connectivity index (χ2v) is 5.08. The molecule has 0 spiro atoms. The molecule has 1 amide bonds. The molecule has 6 nitrogen and oxygen atoms in total. The molecule has 6 heteroatoms. The van der Waals surface area contributed by atoms with Crippen molar-refractivity contribution in [1.29, 1.82) is 5.26 Å². The molecule has 1 aromatic carbocycles. The Morgan fingerprint density at radius 3 is 2.73 bits per heavy atom. The van der Waals surface area contributed by atoms with Crippen LogP contribution in [0.4, 0.5) is 5.69 Å². The zero-order valence-corrected chi connectivity index (χ0v) is 12.2. The highest BCUT2D eigenvalue weighted by Gasteiger charge is 2.30. The van der Waals surface area contributed by atoms with Crippen LogP contribution in [0.25, 0.3) is 0 Å². The number of nitrogens with two attached hydrogens (primary N) is 1. The normalized spacial score (nSPS) is 17.5. The van der Waals surface area contributed by atoms with Crippen LogP contribution in [-0.4, -0.2) is 29.6 Å². The zero-order chi connectivity index (χ0) is 15.7. The summed E-state index contributed by atoms with van der Waals surface area (Å²) in [5, 5.41) is 15.5. The third kappa shape index (κ3) is 2.23. The molecule has 2 N–H and O–H groups in total.